The molecule has 0 bridgehead atoms. The molecule has 14 heavy (non-hydrogen) atoms. The Balaban J connectivity index is 2.64. The van der Waals surface area contributed by atoms with Crippen molar-refractivity contribution in [2.45, 2.75) is 12.5 Å². The molecule has 0 aliphatic heterocycles. The first kappa shape index (κ1) is 10.5. The molecule has 0 saturated heterocycles. The maximum absolute atomic E-state index is 11.0. The number of aliphatic hydroxyl groups is 1. The van der Waals surface area contributed by atoms with E-state index in [1.165, 1.54) is 12.1 Å². The number of aliphatic hydroxyl groups excluding tert-OH is 1. The largest absolute Gasteiger partial charge is 0.507 e. The van der Waals surface area contributed by atoms with Gasteiger partial charge < -0.3 is 10.2 Å². The first-order valence-electron chi connectivity index (χ1n) is 4.17. The highest BCUT2D eigenvalue weighted by Gasteiger charge is 2.11. The van der Waals surface area contributed by atoms with Crippen LogP contribution in [0.4, 0.5) is 0 Å². The number of benzene rings is 1. The number of carbonyl (C=O) groups excluding carboxylic acids is 1. The third-order valence-electron chi connectivity index (χ3n) is 1.82. The van der Waals surface area contributed by atoms with Crippen molar-refractivity contribution in [3.63, 3.8) is 0 Å². The van der Waals surface area contributed by atoms with Crippen LogP contribution in [0.25, 0.3) is 0 Å². The number of phenolic OH excluding ortho intramolecular Hbond substituents is 1. The van der Waals surface area contributed by atoms with Crippen molar-refractivity contribution in [3.05, 3.63) is 42.5 Å². The van der Waals surface area contributed by atoms with Gasteiger partial charge in [-0.2, -0.15) is 0 Å². The molecule has 1 aromatic carbocycles. The summed E-state index contributed by atoms with van der Waals surface area (Å²) in [5, 5.41) is 18.3. The van der Waals surface area contributed by atoms with Gasteiger partial charge in [0.25, 0.3) is 0 Å². The van der Waals surface area contributed by atoms with Gasteiger partial charge in [-0.25, -0.2) is 0 Å². The lowest BCUT2D eigenvalue weighted by Crippen LogP contribution is -2.20. The average molecular weight is 191 g/mol. The van der Waals surface area contributed by atoms with E-state index in [1.807, 2.05) is 0 Å². The molecule has 3 heteroatoms. The van der Waals surface area contributed by atoms with E-state index in [9.17, 15) is 9.90 Å². The second-order valence-electron chi connectivity index (χ2n) is 2.91. The van der Waals surface area contributed by atoms with E-state index < -0.39 is 11.9 Å². The Morgan fingerprint density at radius 2 is 2.36 bits per heavy atom. The maximum Gasteiger partial charge on any atom is 0.183 e. The summed E-state index contributed by atoms with van der Waals surface area (Å²) in [5.41, 5.74) is 0.741. The average Bonchev–Trinajstić information content (AvgIpc) is 2.20. The standard InChI is InChI=1S/C11H11O3/c1-2-10(13)11(14)7-8-3-5-9(12)6-4-8/h2-5,11-12,14H,1,7H2. The molecule has 73 valence electrons. The summed E-state index contributed by atoms with van der Waals surface area (Å²) in [7, 11) is 0. The minimum absolute atomic E-state index is 0.0401. The maximum atomic E-state index is 11.0. The number of ketones is 1. The molecule has 1 rings (SSSR count). The van der Waals surface area contributed by atoms with Gasteiger partial charge in [0.1, 0.15) is 11.9 Å². The summed E-state index contributed by atoms with van der Waals surface area (Å²) >= 11 is 0. The van der Waals surface area contributed by atoms with Gasteiger partial charge in [0.05, 0.1) is 0 Å². The van der Waals surface area contributed by atoms with Crippen LogP contribution in [-0.2, 0) is 11.2 Å². The molecular weight excluding hydrogens is 180 g/mol. The SMILES string of the molecule is C=CC(=O)C(O)Cc1c[c]c(O)cc1. The molecule has 1 aromatic rings. The van der Waals surface area contributed by atoms with Gasteiger partial charge in [-0.15, -0.1) is 0 Å². The minimum atomic E-state index is -1.06. The Bertz CT molecular complexity index is 327. The summed E-state index contributed by atoms with van der Waals surface area (Å²) in [6.07, 6.45) is 0.238. The lowest BCUT2D eigenvalue weighted by atomic mass is 10.1. The monoisotopic (exact) mass is 191 g/mol. The molecule has 0 aliphatic rings. The number of hydrogen-bond donors (Lipinski definition) is 2. The van der Waals surface area contributed by atoms with Crippen LogP contribution in [0.2, 0.25) is 0 Å². The van der Waals surface area contributed by atoms with Crippen LogP contribution in [0.15, 0.2) is 30.9 Å². The molecule has 0 heterocycles. The van der Waals surface area contributed by atoms with Gasteiger partial charge in [-0.05, 0) is 23.8 Å². The number of aromatic hydroxyl groups is 1. The molecule has 2 N–H and O–H groups in total. The molecule has 0 saturated carbocycles. The third-order valence-corrected chi connectivity index (χ3v) is 1.82. The zero-order chi connectivity index (χ0) is 10.6. The predicted molar refractivity (Wildman–Crippen MR) is 51.9 cm³/mol. The summed E-state index contributed by atoms with van der Waals surface area (Å²) in [6, 6.07) is 7.20. The predicted octanol–water partition coefficient (Wildman–Crippen LogP) is 0.851. The highest BCUT2D eigenvalue weighted by Crippen LogP contribution is 2.10. The van der Waals surface area contributed by atoms with Crippen molar-refractivity contribution in [1.82, 2.24) is 0 Å². The van der Waals surface area contributed by atoms with Crippen molar-refractivity contribution in [1.29, 1.82) is 0 Å². The Labute approximate surface area is 82.3 Å². The number of carbonyl (C=O) groups is 1. The van der Waals surface area contributed by atoms with Crippen molar-refractivity contribution in [2.75, 3.05) is 0 Å². The lowest BCUT2D eigenvalue weighted by Gasteiger charge is -2.06. The van der Waals surface area contributed by atoms with Crippen molar-refractivity contribution >= 4 is 5.78 Å². The number of hydrogen-bond acceptors (Lipinski definition) is 3. The quantitative estimate of drug-likeness (QED) is 0.694. The molecule has 0 spiro atoms. The highest BCUT2D eigenvalue weighted by atomic mass is 16.3. The normalized spacial score (nSPS) is 12.1. The van der Waals surface area contributed by atoms with Crippen LogP contribution in [-0.4, -0.2) is 22.1 Å². The second-order valence-corrected chi connectivity index (χ2v) is 2.91. The minimum Gasteiger partial charge on any atom is -0.507 e. The van der Waals surface area contributed by atoms with E-state index in [0.29, 0.717) is 0 Å². The highest BCUT2D eigenvalue weighted by molar-refractivity contribution is 5.92. The number of phenols is 1. The van der Waals surface area contributed by atoms with Gasteiger partial charge >= 0.3 is 0 Å². The molecule has 1 atom stereocenters. The fraction of sp³-hybridized carbons (Fsp3) is 0.182. The van der Waals surface area contributed by atoms with Gasteiger partial charge in [0, 0.05) is 12.5 Å². The van der Waals surface area contributed by atoms with E-state index in [0.717, 1.165) is 11.6 Å². The molecule has 1 unspecified atom stereocenters. The summed E-state index contributed by atoms with van der Waals surface area (Å²) in [4.78, 5) is 11.0. The van der Waals surface area contributed by atoms with E-state index >= 15 is 0 Å². The Morgan fingerprint density at radius 3 is 2.86 bits per heavy atom. The summed E-state index contributed by atoms with van der Waals surface area (Å²) in [5.74, 6) is -0.364. The van der Waals surface area contributed by atoms with Gasteiger partial charge in [-0.3, -0.25) is 4.79 Å². The molecule has 3 nitrogen and oxygen atoms in total. The zero-order valence-electron chi connectivity index (χ0n) is 7.60. The summed E-state index contributed by atoms with van der Waals surface area (Å²) in [6.45, 7) is 3.28. The fourth-order valence-corrected chi connectivity index (χ4v) is 1.04. The third kappa shape index (κ3) is 2.71. The van der Waals surface area contributed by atoms with Crippen molar-refractivity contribution in [3.8, 4) is 5.75 Å². The van der Waals surface area contributed by atoms with E-state index in [1.54, 1.807) is 6.07 Å². The molecule has 0 aromatic heterocycles. The van der Waals surface area contributed by atoms with E-state index in [2.05, 4.69) is 12.6 Å². The Morgan fingerprint density at radius 1 is 1.64 bits per heavy atom. The van der Waals surface area contributed by atoms with Crippen molar-refractivity contribution in [2.24, 2.45) is 0 Å². The summed E-state index contributed by atoms with van der Waals surface area (Å²) < 4.78 is 0. The number of rotatable bonds is 4. The lowest BCUT2D eigenvalue weighted by molar-refractivity contribution is -0.122. The Hall–Kier alpha value is -1.61. The van der Waals surface area contributed by atoms with E-state index in [-0.39, 0.29) is 12.2 Å². The van der Waals surface area contributed by atoms with Crippen LogP contribution in [0.5, 0.6) is 5.75 Å². The van der Waals surface area contributed by atoms with Crippen LogP contribution in [0.1, 0.15) is 5.56 Å². The van der Waals surface area contributed by atoms with Gasteiger partial charge in [0.15, 0.2) is 5.78 Å². The molecule has 0 amide bonds. The van der Waals surface area contributed by atoms with Gasteiger partial charge in [0.2, 0.25) is 0 Å². The molecule has 0 fully saturated rings. The van der Waals surface area contributed by atoms with Crippen LogP contribution in [0.3, 0.4) is 0 Å². The smallest absolute Gasteiger partial charge is 0.183 e. The second kappa shape index (κ2) is 4.58. The van der Waals surface area contributed by atoms with Crippen LogP contribution < -0.4 is 0 Å². The Kier molecular flexibility index (Phi) is 3.42. The van der Waals surface area contributed by atoms with E-state index in [4.69, 9.17) is 5.11 Å². The van der Waals surface area contributed by atoms with Crippen molar-refractivity contribution < 1.29 is 15.0 Å². The van der Waals surface area contributed by atoms with Crippen LogP contribution in [0, 0.1) is 6.07 Å². The first-order chi connectivity index (χ1) is 6.63. The fourth-order valence-electron chi connectivity index (χ4n) is 1.04. The molecular formula is C11H11O3. The topological polar surface area (TPSA) is 57.5 Å². The molecule has 0 aliphatic carbocycles. The molecule has 1 radical (unpaired) electrons. The van der Waals surface area contributed by atoms with Gasteiger partial charge in [-0.1, -0.05) is 12.6 Å². The zero-order valence-corrected chi connectivity index (χ0v) is 7.60. The van der Waals surface area contributed by atoms with Crippen LogP contribution >= 0.6 is 0 Å². The first-order valence-corrected chi connectivity index (χ1v) is 4.17.